The van der Waals surface area contributed by atoms with Gasteiger partial charge in [-0.15, -0.1) is 12.4 Å². The third-order valence-corrected chi connectivity index (χ3v) is 5.20. The average Bonchev–Trinajstić information content (AvgIpc) is 2.87. The third kappa shape index (κ3) is 5.59. The fraction of sp³-hybridized carbons (Fsp3) is 0.556. The van der Waals surface area contributed by atoms with Crippen LogP contribution in [0.3, 0.4) is 0 Å². The highest BCUT2D eigenvalue weighted by molar-refractivity contribution is 6.33. The molecule has 0 radical (unpaired) electrons. The van der Waals surface area contributed by atoms with Crippen LogP contribution in [0.5, 0.6) is 0 Å². The Morgan fingerprint density at radius 1 is 1.20 bits per heavy atom. The summed E-state index contributed by atoms with van der Waals surface area (Å²) in [5.74, 6) is 0.115. The molecular weight excluding hydrogens is 361 g/mol. The summed E-state index contributed by atoms with van der Waals surface area (Å²) in [7, 11) is 0. The van der Waals surface area contributed by atoms with Gasteiger partial charge in [0.25, 0.3) is 0 Å². The molecule has 1 aromatic rings. The number of anilines is 1. The zero-order valence-corrected chi connectivity index (χ0v) is 15.9. The molecule has 138 valence electrons. The molecule has 2 heterocycles. The first-order chi connectivity index (χ1) is 11.5. The number of fused-ring (bicyclic) bond motifs is 2. The number of carbonyl (C=O) groups is 2. The minimum absolute atomic E-state index is 0. The van der Waals surface area contributed by atoms with E-state index in [4.69, 9.17) is 11.6 Å². The number of halogens is 2. The van der Waals surface area contributed by atoms with E-state index in [1.807, 2.05) is 13.0 Å². The minimum atomic E-state index is -0.264. The third-order valence-electron chi connectivity index (χ3n) is 4.89. The van der Waals surface area contributed by atoms with Crippen LogP contribution in [0.2, 0.25) is 5.02 Å². The summed E-state index contributed by atoms with van der Waals surface area (Å²) < 4.78 is 0. The van der Waals surface area contributed by atoms with Crippen LogP contribution in [0.4, 0.5) is 5.69 Å². The maximum absolute atomic E-state index is 12.1. The second-order valence-electron chi connectivity index (χ2n) is 6.99. The van der Waals surface area contributed by atoms with E-state index < -0.39 is 0 Å². The summed E-state index contributed by atoms with van der Waals surface area (Å²) in [6.07, 6.45) is 5.09. The molecule has 2 aliphatic heterocycles. The van der Waals surface area contributed by atoms with Crippen molar-refractivity contribution < 1.29 is 9.59 Å². The summed E-state index contributed by atoms with van der Waals surface area (Å²) in [5.41, 5.74) is 1.60. The van der Waals surface area contributed by atoms with E-state index in [1.54, 1.807) is 12.1 Å². The number of amides is 2. The molecule has 2 unspecified atom stereocenters. The van der Waals surface area contributed by atoms with Crippen molar-refractivity contribution in [3.05, 3.63) is 28.8 Å². The van der Waals surface area contributed by atoms with Gasteiger partial charge in [0.05, 0.1) is 17.3 Å². The van der Waals surface area contributed by atoms with Crippen molar-refractivity contribution in [2.75, 3.05) is 11.9 Å². The van der Waals surface area contributed by atoms with Gasteiger partial charge in [-0.25, -0.2) is 0 Å². The number of carbonyl (C=O) groups excluding carboxylic acids is 2. The van der Waals surface area contributed by atoms with Crippen molar-refractivity contribution in [3.63, 3.8) is 0 Å². The Labute approximate surface area is 159 Å². The normalized spacial score (nSPS) is 24.3. The average molecular weight is 386 g/mol. The van der Waals surface area contributed by atoms with Crippen LogP contribution >= 0.6 is 24.0 Å². The predicted molar refractivity (Wildman–Crippen MR) is 102 cm³/mol. The maximum Gasteiger partial charge on any atom is 0.243 e. The molecule has 2 fully saturated rings. The molecule has 3 rings (SSSR count). The van der Waals surface area contributed by atoms with Crippen molar-refractivity contribution in [1.82, 2.24) is 10.6 Å². The van der Waals surface area contributed by atoms with Crippen LogP contribution in [-0.2, 0) is 9.59 Å². The van der Waals surface area contributed by atoms with Gasteiger partial charge < -0.3 is 16.0 Å². The second-order valence-corrected chi connectivity index (χ2v) is 7.39. The summed E-state index contributed by atoms with van der Waals surface area (Å²) in [4.78, 5) is 24.0. The van der Waals surface area contributed by atoms with Crippen LogP contribution in [0, 0.1) is 12.8 Å². The number of piperidine rings is 1. The van der Waals surface area contributed by atoms with Gasteiger partial charge in [-0.05, 0) is 56.2 Å². The summed E-state index contributed by atoms with van der Waals surface area (Å²) in [6, 6.07) is 6.59. The zero-order chi connectivity index (χ0) is 17.1. The Balaban J connectivity index is 0.00000225. The monoisotopic (exact) mass is 385 g/mol. The van der Waals surface area contributed by atoms with Crippen LogP contribution in [0.15, 0.2) is 18.2 Å². The number of hydrogen-bond acceptors (Lipinski definition) is 3. The van der Waals surface area contributed by atoms with E-state index in [9.17, 15) is 9.59 Å². The quantitative estimate of drug-likeness (QED) is 0.729. The lowest BCUT2D eigenvalue weighted by molar-refractivity contribution is -0.125. The van der Waals surface area contributed by atoms with Crippen molar-refractivity contribution in [2.24, 2.45) is 5.92 Å². The Kier molecular flexibility index (Phi) is 7.11. The maximum atomic E-state index is 12.1. The minimum Gasteiger partial charge on any atom is -0.347 e. The van der Waals surface area contributed by atoms with E-state index in [-0.39, 0.29) is 30.8 Å². The van der Waals surface area contributed by atoms with Crippen molar-refractivity contribution in [2.45, 2.75) is 51.1 Å². The fourth-order valence-electron chi connectivity index (χ4n) is 3.77. The molecule has 2 aliphatic rings. The van der Waals surface area contributed by atoms with Gasteiger partial charge in [0.2, 0.25) is 11.8 Å². The SMILES string of the molecule is Cc1ccc(NC(=O)CNC(=O)CC2CC3CCC(C2)N3)c(Cl)c1.Cl. The fourth-order valence-corrected chi connectivity index (χ4v) is 4.05. The molecule has 5 nitrogen and oxygen atoms in total. The highest BCUT2D eigenvalue weighted by atomic mass is 35.5. The largest absolute Gasteiger partial charge is 0.347 e. The van der Waals surface area contributed by atoms with Crippen LogP contribution < -0.4 is 16.0 Å². The first-order valence-corrected chi connectivity index (χ1v) is 8.96. The number of aryl methyl sites for hydroxylation is 1. The lowest BCUT2D eigenvalue weighted by Gasteiger charge is -2.28. The summed E-state index contributed by atoms with van der Waals surface area (Å²) in [5, 5.41) is 9.51. The molecule has 2 amide bonds. The van der Waals surface area contributed by atoms with Gasteiger partial charge in [0.1, 0.15) is 0 Å². The first kappa shape index (κ1) is 20.0. The molecule has 2 saturated heterocycles. The molecule has 7 heteroatoms. The molecule has 3 N–H and O–H groups in total. The number of hydrogen-bond donors (Lipinski definition) is 3. The van der Waals surface area contributed by atoms with Gasteiger partial charge in [0, 0.05) is 18.5 Å². The Bertz CT molecular complexity index is 627. The molecule has 25 heavy (non-hydrogen) atoms. The molecule has 2 atom stereocenters. The van der Waals surface area contributed by atoms with Gasteiger partial charge >= 0.3 is 0 Å². The number of nitrogens with one attached hydrogen (secondary N) is 3. The van der Waals surface area contributed by atoms with E-state index in [0.29, 0.717) is 35.1 Å². The molecule has 0 aliphatic carbocycles. The van der Waals surface area contributed by atoms with E-state index in [1.165, 1.54) is 12.8 Å². The van der Waals surface area contributed by atoms with Crippen molar-refractivity contribution in [1.29, 1.82) is 0 Å². The molecular formula is C18H25Cl2N3O2. The molecule has 0 aromatic heterocycles. The van der Waals surface area contributed by atoms with Crippen molar-refractivity contribution in [3.8, 4) is 0 Å². The zero-order valence-electron chi connectivity index (χ0n) is 14.3. The van der Waals surface area contributed by atoms with Gasteiger partial charge in [-0.3, -0.25) is 9.59 Å². The Hall–Kier alpha value is -1.30. The number of benzene rings is 1. The lowest BCUT2D eigenvalue weighted by Crippen LogP contribution is -2.40. The van der Waals surface area contributed by atoms with E-state index in [0.717, 1.165) is 18.4 Å². The highest BCUT2D eigenvalue weighted by Crippen LogP contribution is 2.32. The standard InChI is InChI=1S/C18H24ClN3O2.ClH/c1-11-2-5-16(15(19)6-11)22-18(24)10-20-17(23)9-12-7-13-3-4-14(8-12)21-13;/h2,5-6,12-14,21H,3-4,7-10H2,1H3,(H,20,23)(H,22,24);1H. The smallest absolute Gasteiger partial charge is 0.243 e. The van der Waals surface area contributed by atoms with Crippen molar-refractivity contribution >= 4 is 41.5 Å². The summed E-state index contributed by atoms with van der Waals surface area (Å²) in [6.45, 7) is 1.91. The predicted octanol–water partition coefficient (Wildman–Crippen LogP) is 3.05. The van der Waals surface area contributed by atoms with E-state index >= 15 is 0 Å². The van der Waals surface area contributed by atoms with Crippen LogP contribution in [0.1, 0.15) is 37.7 Å². The number of rotatable bonds is 5. The Morgan fingerprint density at radius 2 is 1.88 bits per heavy atom. The van der Waals surface area contributed by atoms with E-state index in [2.05, 4.69) is 16.0 Å². The molecule has 1 aromatic carbocycles. The van der Waals surface area contributed by atoms with Crippen LogP contribution in [0.25, 0.3) is 0 Å². The van der Waals surface area contributed by atoms with Crippen LogP contribution in [-0.4, -0.2) is 30.4 Å². The lowest BCUT2D eigenvalue weighted by atomic mass is 9.89. The first-order valence-electron chi connectivity index (χ1n) is 8.58. The molecule has 0 saturated carbocycles. The topological polar surface area (TPSA) is 70.2 Å². The molecule has 0 spiro atoms. The van der Waals surface area contributed by atoms with Gasteiger partial charge in [-0.1, -0.05) is 17.7 Å². The van der Waals surface area contributed by atoms with Gasteiger partial charge in [0.15, 0.2) is 0 Å². The van der Waals surface area contributed by atoms with Gasteiger partial charge in [-0.2, -0.15) is 0 Å². The second kappa shape index (κ2) is 8.88. The molecule has 2 bridgehead atoms. The summed E-state index contributed by atoms with van der Waals surface area (Å²) >= 11 is 6.09. The Morgan fingerprint density at radius 3 is 2.52 bits per heavy atom. The highest BCUT2D eigenvalue weighted by Gasteiger charge is 2.34.